The van der Waals surface area contributed by atoms with Gasteiger partial charge in [-0.3, -0.25) is 9.10 Å². The summed E-state index contributed by atoms with van der Waals surface area (Å²) in [5, 5.41) is 0. The largest absolute Gasteiger partial charge is 0.268 e. The molecule has 1 aromatic carbocycles. The van der Waals surface area contributed by atoms with Gasteiger partial charge in [0.25, 0.3) is 5.91 Å². The van der Waals surface area contributed by atoms with Crippen molar-refractivity contribution in [2.45, 2.75) is 11.3 Å². The average Bonchev–Trinajstić information content (AvgIpc) is 2.51. The number of fused-ring (bicyclic) bond motifs is 1. The predicted molar refractivity (Wildman–Crippen MR) is 58.7 cm³/mol. The molecule has 0 bridgehead atoms. The molecule has 78 valence electrons. The Bertz CT molecular complexity index is 407. The third kappa shape index (κ3) is 1.61. The van der Waals surface area contributed by atoms with E-state index in [4.69, 9.17) is 0 Å². The van der Waals surface area contributed by atoms with Crippen molar-refractivity contribution in [2.24, 2.45) is 0 Å². The van der Waals surface area contributed by atoms with Gasteiger partial charge in [-0.05, 0) is 18.6 Å². The second-order valence-electron chi connectivity index (χ2n) is 3.23. The van der Waals surface area contributed by atoms with Crippen LogP contribution < -0.4 is 0 Å². The molecule has 0 saturated carbocycles. The highest BCUT2D eigenvalue weighted by Gasteiger charge is 2.33. The van der Waals surface area contributed by atoms with Crippen molar-refractivity contribution in [3.05, 3.63) is 42.5 Å². The van der Waals surface area contributed by atoms with Gasteiger partial charge in [-0.1, -0.05) is 18.2 Å². The van der Waals surface area contributed by atoms with Crippen molar-refractivity contribution < 1.29 is 9.00 Å². The molecule has 1 aromatic rings. The highest BCUT2D eigenvalue weighted by atomic mass is 32.2. The summed E-state index contributed by atoms with van der Waals surface area (Å²) in [6.45, 7) is 4.05. The molecule has 2 rings (SSSR count). The molecule has 1 unspecified atom stereocenters. The second-order valence-corrected chi connectivity index (χ2v) is 4.61. The van der Waals surface area contributed by atoms with Gasteiger partial charge >= 0.3 is 0 Å². The number of benzene rings is 1. The van der Waals surface area contributed by atoms with Gasteiger partial charge in [-0.2, -0.15) is 0 Å². The highest BCUT2D eigenvalue weighted by molar-refractivity contribution is 7.84. The lowest BCUT2D eigenvalue weighted by Crippen LogP contribution is -2.26. The molecule has 0 aromatic heterocycles. The minimum absolute atomic E-state index is 0.147. The maximum Gasteiger partial charge on any atom is 0.267 e. The summed E-state index contributed by atoms with van der Waals surface area (Å²) in [6, 6.07) is 7.02. The lowest BCUT2D eigenvalue weighted by atomic mass is 10.2. The molecule has 0 fully saturated rings. The van der Waals surface area contributed by atoms with E-state index in [0.717, 1.165) is 0 Å². The zero-order valence-corrected chi connectivity index (χ0v) is 9.00. The van der Waals surface area contributed by atoms with Gasteiger partial charge in [0.15, 0.2) is 11.0 Å². The molecule has 4 heteroatoms. The Balaban J connectivity index is 2.32. The van der Waals surface area contributed by atoms with E-state index in [0.29, 0.717) is 23.4 Å². The fourth-order valence-electron chi connectivity index (χ4n) is 1.52. The van der Waals surface area contributed by atoms with Crippen LogP contribution in [0.4, 0.5) is 0 Å². The number of amides is 1. The molecule has 0 radical (unpaired) electrons. The lowest BCUT2D eigenvalue weighted by Gasteiger charge is -2.11. The number of hydrogen-bond donors (Lipinski definition) is 0. The van der Waals surface area contributed by atoms with Crippen molar-refractivity contribution in [3.8, 4) is 0 Å². The molecular formula is C11H11NO2S. The summed E-state index contributed by atoms with van der Waals surface area (Å²) in [4.78, 5) is 12.4. The molecule has 1 aliphatic heterocycles. The van der Waals surface area contributed by atoms with Crippen LogP contribution in [0.2, 0.25) is 0 Å². The average molecular weight is 221 g/mol. The van der Waals surface area contributed by atoms with E-state index < -0.39 is 11.0 Å². The van der Waals surface area contributed by atoms with Crippen LogP contribution in [-0.4, -0.2) is 21.0 Å². The monoisotopic (exact) mass is 221 g/mol. The van der Waals surface area contributed by atoms with Crippen molar-refractivity contribution in [2.75, 3.05) is 6.54 Å². The first kappa shape index (κ1) is 10.1. The fraction of sp³-hybridized carbons (Fsp3) is 0.182. The van der Waals surface area contributed by atoms with Crippen LogP contribution in [0.5, 0.6) is 0 Å². The first-order valence-electron chi connectivity index (χ1n) is 4.69. The van der Waals surface area contributed by atoms with E-state index in [1.54, 1.807) is 30.3 Å². The normalized spacial score (nSPS) is 19.1. The zero-order chi connectivity index (χ0) is 10.8. The number of nitrogens with zero attached hydrogens (tertiary/aromatic N) is 1. The minimum Gasteiger partial charge on any atom is -0.268 e. The molecule has 3 nitrogen and oxygen atoms in total. The zero-order valence-electron chi connectivity index (χ0n) is 8.18. The quantitative estimate of drug-likeness (QED) is 0.729. The molecule has 1 atom stereocenters. The lowest BCUT2D eigenvalue weighted by molar-refractivity contribution is 0.0876. The van der Waals surface area contributed by atoms with Crippen LogP contribution in [0.15, 0.2) is 41.8 Å². The van der Waals surface area contributed by atoms with Gasteiger partial charge in [0.1, 0.15) is 0 Å². The summed E-state index contributed by atoms with van der Waals surface area (Å²) in [6.07, 6.45) is 2.37. The van der Waals surface area contributed by atoms with Gasteiger partial charge in [0.05, 0.1) is 10.5 Å². The molecule has 15 heavy (non-hydrogen) atoms. The van der Waals surface area contributed by atoms with Crippen LogP contribution in [-0.2, 0) is 11.0 Å². The molecular weight excluding hydrogens is 210 g/mol. The first-order chi connectivity index (χ1) is 7.25. The van der Waals surface area contributed by atoms with E-state index in [1.807, 2.05) is 0 Å². The Labute approximate surface area is 91.0 Å². The summed E-state index contributed by atoms with van der Waals surface area (Å²) in [7, 11) is -1.33. The molecule has 0 N–H and O–H groups in total. The summed E-state index contributed by atoms with van der Waals surface area (Å²) in [5.41, 5.74) is 0.555. The fourth-order valence-corrected chi connectivity index (χ4v) is 2.81. The van der Waals surface area contributed by atoms with Crippen LogP contribution in [0, 0.1) is 0 Å². The van der Waals surface area contributed by atoms with Crippen molar-refractivity contribution >= 4 is 16.9 Å². The minimum atomic E-state index is -1.33. The second kappa shape index (κ2) is 3.98. The van der Waals surface area contributed by atoms with Crippen molar-refractivity contribution in [1.82, 2.24) is 4.31 Å². The van der Waals surface area contributed by atoms with Gasteiger partial charge < -0.3 is 0 Å². The summed E-state index contributed by atoms with van der Waals surface area (Å²) < 4.78 is 13.3. The van der Waals surface area contributed by atoms with E-state index in [1.165, 1.54) is 4.31 Å². The molecule has 1 amide bonds. The van der Waals surface area contributed by atoms with Gasteiger partial charge in [-0.15, -0.1) is 6.58 Å². The molecule has 0 aliphatic carbocycles. The topological polar surface area (TPSA) is 37.4 Å². The molecule has 0 spiro atoms. The molecule has 1 heterocycles. The van der Waals surface area contributed by atoms with E-state index in [9.17, 15) is 9.00 Å². The first-order valence-corrected chi connectivity index (χ1v) is 5.80. The summed E-state index contributed by atoms with van der Waals surface area (Å²) >= 11 is 0. The number of hydrogen-bond acceptors (Lipinski definition) is 2. The maximum atomic E-state index is 11.9. The summed E-state index contributed by atoms with van der Waals surface area (Å²) in [5.74, 6) is -0.147. The maximum absolute atomic E-state index is 11.9. The van der Waals surface area contributed by atoms with Crippen LogP contribution >= 0.6 is 0 Å². The van der Waals surface area contributed by atoms with E-state index in [-0.39, 0.29) is 5.91 Å². The Morgan fingerprint density at radius 3 is 2.80 bits per heavy atom. The van der Waals surface area contributed by atoms with E-state index >= 15 is 0 Å². The van der Waals surface area contributed by atoms with Crippen LogP contribution in [0.3, 0.4) is 0 Å². The van der Waals surface area contributed by atoms with Crippen molar-refractivity contribution in [3.63, 3.8) is 0 Å². The Morgan fingerprint density at radius 2 is 2.13 bits per heavy atom. The van der Waals surface area contributed by atoms with Crippen LogP contribution in [0.25, 0.3) is 0 Å². The van der Waals surface area contributed by atoms with Gasteiger partial charge in [0, 0.05) is 6.54 Å². The van der Waals surface area contributed by atoms with Crippen LogP contribution in [0.1, 0.15) is 16.8 Å². The number of carbonyl (C=O) groups excluding carboxylic acids is 1. The molecule has 0 saturated heterocycles. The third-order valence-electron chi connectivity index (χ3n) is 2.27. The standard InChI is InChI=1S/C11H11NO2S/c1-2-3-8-12-11(13)9-6-4-5-7-10(9)15(12)14/h2,4-7H,1,3,8H2. The molecule has 1 aliphatic rings. The Hall–Kier alpha value is -1.42. The number of rotatable bonds is 3. The van der Waals surface area contributed by atoms with Crippen molar-refractivity contribution in [1.29, 1.82) is 0 Å². The SMILES string of the molecule is C=CCCN1C(=O)c2ccccc2S1=O. The van der Waals surface area contributed by atoms with E-state index in [2.05, 4.69) is 6.58 Å². The smallest absolute Gasteiger partial charge is 0.267 e. The van der Waals surface area contributed by atoms with Gasteiger partial charge in [-0.25, -0.2) is 4.21 Å². The Kier molecular flexibility index (Phi) is 2.68. The third-order valence-corrected chi connectivity index (χ3v) is 3.75. The Morgan fingerprint density at radius 1 is 1.40 bits per heavy atom. The predicted octanol–water partition coefficient (Wildman–Crippen LogP) is 1.74. The van der Waals surface area contributed by atoms with Gasteiger partial charge in [0.2, 0.25) is 0 Å². The highest BCUT2D eigenvalue weighted by Crippen LogP contribution is 2.26. The number of carbonyl (C=O) groups is 1.